The highest BCUT2D eigenvalue weighted by atomic mass is 16.3. The van der Waals surface area contributed by atoms with Gasteiger partial charge in [0.1, 0.15) is 11.2 Å². The van der Waals surface area contributed by atoms with Gasteiger partial charge in [-0.05, 0) is 74.1 Å². The quantitative estimate of drug-likeness (QED) is 0.178. The molecular weight excluding hydrogens is 745 g/mol. The molecule has 0 spiro atoms. The fraction of sp³-hybridized carbons (Fsp3) is 0.0536. The minimum Gasteiger partial charge on any atom is -0.456 e. The van der Waals surface area contributed by atoms with Crippen molar-refractivity contribution in [1.29, 1.82) is 0 Å². The molecule has 0 saturated carbocycles. The Morgan fingerprint density at radius 2 is 1.00 bits per heavy atom. The molecule has 0 saturated heterocycles. The molecular formula is C56H36N4O. The lowest BCUT2D eigenvalue weighted by Crippen LogP contribution is -2.15. The number of nitrogens with zero attached hydrogens (tertiary/aromatic N) is 4. The Labute approximate surface area is 351 Å². The largest absolute Gasteiger partial charge is 0.456 e. The molecule has 13 rings (SSSR count). The van der Waals surface area contributed by atoms with E-state index in [0.29, 0.717) is 17.5 Å². The zero-order chi connectivity index (χ0) is 40.4. The summed E-state index contributed by atoms with van der Waals surface area (Å²) in [6, 6.07) is 64.7. The van der Waals surface area contributed by atoms with Crippen molar-refractivity contribution in [2.75, 3.05) is 0 Å². The smallest absolute Gasteiger partial charge is 0.164 e. The topological polar surface area (TPSA) is 56.7 Å². The first kappa shape index (κ1) is 34.0. The van der Waals surface area contributed by atoms with Crippen LogP contribution in [-0.2, 0) is 5.41 Å². The zero-order valence-electron chi connectivity index (χ0n) is 33.5. The minimum atomic E-state index is -0.171. The van der Waals surface area contributed by atoms with E-state index in [0.717, 1.165) is 55.3 Å². The van der Waals surface area contributed by atoms with Crippen LogP contribution in [0.25, 0.3) is 116 Å². The second-order valence-electron chi connectivity index (χ2n) is 16.8. The lowest BCUT2D eigenvalue weighted by molar-refractivity contribution is 0.660. The van der Waals surface area contributed by atoms with Crippen LogP contribution >= 0.6 is 0 Å². The summed E-state index contributed by atoms with van der Waals surface area (Å²) in [6.07, 6.45) is 0. The van der Waals surface area contributed by atoms with E-state index in [9.17, 15) is 0 Å². The molecule has 5 nitrogen and oxygen atoms in total. The summed E-state index contributed by atoms with van der Waals surface area (Å²) < 4.78 is 9.16. The van der Waals surface area contributed by atoms with Gasteiger partial charge in [0.15, 0.2) is 17.5 Å². The Morgan fingerprint density at radius 1 is 0.410 bits per heavy atom. The number of fused-ring (bicyclic) bond motifs is 13. The molecule has 0 aliphatic heterocycles. The highest BCUT2D eigenvalue weighted by molar-refractivity contribution is 6.28. The molecule has 1 aliphatic rings. The third-order valence-corrected chi connectivity index (χ3v) is 13.0. The lowest BCUT2D eigenvalue weighted by Gasteiger charge is -2.21. The molecule has 3 aromatic heterocycles. The van der Waals surface area contributed by atoms with Crippen molar-refractivity contribution in [2.24, 2.45) is 0 Å². The number of benzene rings is 9. The molecule has 0 amide bonds. The van der Waals surface area contributed by atoms with Crippen molar-refractivity contribution in [2.45, 2.75) is 19.3 Å². The van der Waals surface area contributed by atoms with Crippen LogP contribution in [0.15, 0.2) is 186 Å². The summed E-state index contributed by atoms with van der Waals surface area (Å²) in [7, 11) is 0. The van der Waals surface area contributed by atoms with E-state index in [1.807, 2.05) is 30.3 Å². The van der Waals surface area contributed by atoms with Crippen LogP contribution in [0.2, 0.25) is 0 Å². The van der Waals surface area contributed by atoms with Crippen LogP contribution < -0.4 is 0 Å². The van der Waals surface area contributed by atoms with E-state index in [1.165, 1.54) is 54.6 Å². The monoisotopic (exact) mass is 780 g/mol. The Hall–Kier alpha value is -7.89. The standard InChI is InChI=1S/C56H36N4O/c1-56(2)44-22-12-10-20-40(44)41-27-24-36(30-45(41)56)54-57-53(35-16-4-3-5-17-35)58-55(59-54)43-31-37(32-49-50(43)42-21-11-13-23-48(42)61-49)60-46-28-25-33-14-6-8-18-38(33)51(46)52-39-19-9-7-15-34(39)26-29-47(52)60/h3-32H,1-2H3. The van der Waals surface area contributed by atoms with Crippen molar-refractivity contribution < 1.29 is 4.42 Å². The minimum absolute atomic E-state index is 0.171. The van der Waals surface area contributed by atoms with E-state index in [4.69, 9.17) is 19.4 Å². The lowest BCUT2D eigenvalue weighted by atomic mass is 9.82. The molecule has 1 aliphatic carbocycles. The predicted octanol–water partition coefficient (Wildman–Crippen LogP) is 14.5. The Balaban J connectivity index is 1.11. The van der Waals surface area contributed by atoms with E-state index in [-0.39, 0.29) is 5.41 Å². The van der Waals surface area contributed by atoms with Gasteiger partial charge in [-0.25, -0.2) is 15.0 Å². The fourth-order valence-electron chi connectivity index (χ4n) is 10.2. The molecule has 61 heavy (non-hydrogen) atoms. The molecule has 0 N–H and O–H groups in total. The number of furan rings is 1. The van der Waals surface area contributed by atoms with Crippen LogP contribution in [0, 0.1) is 0 Å². The van der Waals surface area contributed by atoms with Crippen LogP contribution in [0.4, 0.5) is 0 Å². The molecule has 286 valence electrons. The molecule has 0 unspecified atom stereocenters. The van der Waals surface area contributed by atoms with Gasteiger partial charge >= 0.3 is 0 Å². The average Bonchev–Trinajstić information content (AvgIpc) is 3.94. The van der Waals surface area contributed by atoms with Crippen LogP contribution in [0.3, 0.4) is 0 Å². The Kier molecular flexibility index (Phi) is 7.00. The number of aromatic nitrogens is 4. The van der Waals surface area contributed by atoms with Gasteiger partial charge in [0.05, 0.1) is 16.7 Å². The fourth-order valence-corrected chi connectivity index (χ4v) is 10.2. The molecule has 0 radical (unpaired) electrons. The Bertz CT molecular complexity index is 3710. The maximum atomic E-state index is 6.77. The van der Waals surface area contributed by atoms with Crippen molar-refractivity contribution in [1.82, 2.24) is 19.5 Å². The molecule has 9 aromatic carbocycles. The summed E-state index contributed by atoms with van der Waals surface area (Å²) in [5, 5.41) is 9.30. The Morgan fingerprint density at radius 3 is 1.74 bits per heavy atom. The second-order valence-corrected chi connectivity index (χ2v) is 16.8. The van der Waals surface area contributed by atoms with Gasteiger partial charge < -0.3 is 8.98 Å². The van der Waals surface area contributed by atoms with Gasteiger partial charge in [-0.2, -0.15) is 0 Å². The first-order chi connectivity index (χ1) is 30.0. The van der Waals surface area contributed by atoms with Crippen LogP contribution in [-0.4, -0.2) is 19.5 Å². The summed E-state index contributed by atoms with van der Waals surface area (Å²) in [5.74, 6) is 1.83. The molecule has 3 heterocycles. The van der Waals surface area contributed by atoms with E-state index in [1.54, 1.807) is 0 Å². The summed E-state index contributed by atoms with van der Waals surface area (Å²) in [5.41, 5.74) is 12.5. The first-order valence-corrected chi connectivity index (χ1v) is 20.9. The second kappa shape index (κ2) is 12.6. The van der Waals surface area contributed by atoms with Crippen molar-refractivity contribution in [3.05, 3.63) is 193 Å². The van der Waals surface area contributed by atoms with Crippen molar-refractivity contribution in [3.63, 3.8) is 0 Å². The van der Waals surface area contributed by atoms with Gasteiger partial charge in [-0.15, -0.1) is 0 Å². The molecule has 0 bridgehead atoms. The van der Waals surface area contributed by atoms with Gasteiger partial charge in [-0.1, -0.05) is 159 Å². The predicted molar refractivity (Wildman–Crippen MR) is 250 cm³/mol. The number of para-hydroxylation sites is 1. The normalized spacial score (nSPS) is 13.2. The van der Waals surface area contributed by atoms with Gasteiger partial charge in [0.2, 0.25) is 0 Å². The maximum absolute atomic E-state index is 6.77. The van der Waals surface area contributed by atoms with Crippen molar-refractivity contribution in [3.8, 4) is 51.0 Å². The number of hydrogen-bond acceptors (Lipinski definition) is 4. The third-order valence-electron chi connectivity index (χ3n) is 13.0. The maximum Gasteiger partial charge on any atom is 0.164 e. The van der Waals surface area contributed by atoms with Crippen molar-refractivity contribution >= 4 is 65.3 Å². The van der Waals surface area contributed by atoms with Gasteiger partial charge in [-0.3, -0.25) is 0 Å². The van der Waals surface area contributed by atoms with E-state index >= 15 is 0 Å². The number of hydrogen-bond donors (Lipinski definition) is 0. The van der Waals surface area contributed by atoms with Crippen LogP contribution in [0.5, 0.6) is 0 Å². The number of rotatable bonds is 4. The first-order valence-electron chi connectivity index (χ1n) is 20.9. The molecule has 0 atom stereocenters. The summed E-state index contributed by atoms with van der Waals surface area (Å²) in [6.45, 7) is 4.62. The van der Waals surface area contributed by atoms with Gasteiger partial charge in [0, 0.05) is 49.7 Å². The zero-order valence-corrected chi connectivity index (χ0v) is 33.5. The van der Waals surface area contributed by atoms with E-state index < -0.39 is 0 Å². The molecule has 12 aromatic rings. The highest BCUT2D eigenvalue weighted by Crippen LogP contribution is 2.50. The molecule has 5 heteroatoms. The summed E-state index contributed by atoms with van der Waals surface area (Å²) >= 11 is 0. The summed E-state index contributed by atoms with van der Waals surface area (Å²) in [4.78, 5) is 16.0. The highest BCUT2D eigenvalue weighted by Gasteiger charge is 2.35. The van der Waals surface area contributed by atoms with E-state index in [2.05, 4.69) is 170 Å². The SMILES string of the molecule is CC1(C)c2ccccc2-c2ccc(-c3nc(-c4ccccc4)nc(-c4cc(-n5c6ccc7ccccc7c6c6c7ccccc7ccc65)cc5oc6ccccc6c45)n3)cc21. The molecule has 0 fully saturated rings. The average molecular weight is 781 g/mol. The third kappa shape index (κ3) is 4.92. The van der Waals surface area contributed by atoms with Crippen LogP contribution in [0.1, 0.15) is 25.0 Å². The van der Waals surface area contributed by atoms with Gasteiger partial charge in [0.25, 0.3) is 0 Å².